The average Bonchev–Trinajstić information content (AvgIpc) is 3.16. The number of halogens is 1. The number of pyridine rings is 2. The van der Waals surface area contributed by atoms with Gasteiger partial charge in [0, 0.05) is 46.1 Å². The molecule has 4 rings (SSSR count). The van der Waals surface area contributed by atoms with E-state index in [9.17, 15) is 4.79 Å². The summed E-state index contributed by atoms with van der Waals surface area (Å²) in [5, 5.41) is 4.80. The van der Waals surface area contributed by atoms with Gasteiger partial charge in [0.15, 0.2) is 0 Å². The van der Waals surface area contributed by atoms with Crippen molar-refractivity contribution in [2.24, 2.45) is 0 Å². The van der Waals surface area contributed by atoms with E-state index in [4.69, 9.17) is 11.6 Å². The highest BCUT2D eigenvalue weighted by molar-refractivity contribution is 6.31. The molecule has 0 aliphatic heterocycles. The number of nitrogens with one attached hydrogen (secondary N) is 2. The van der Waals surface area contributed by atoms with Gasteiger partial charge in [-0.3, -0.25) is 4.79 Å². The van der Waals surface area contributed by atoms with Crippen molar-refractivity contribution >= 4 is 28.3 Å². The van der Waals surface area contributed by atoms with E-state index in [1.807, 2.05) is 42.0 Å². The van der Waals surface area contributed by atoms with Crippen molar-refractivity contribution in [3.63, 3.8) is 0 Å². The van der Waals surface area contributed by atoms with E-state index < -0.39 is 0 Å². The quantitative estimate of drug-likeness (QED) is 0.574. The second-order valence-electron chi connectivity index (χ2n) is 6.02. The summed E-state index contributed by atoms with van der Waals surface area (Å²) in [5.74, 6) is 0.675. The normalized spacial score (nSPS) is 12.2. The highest BCUT2D eigenvalue weighted by Crippen LogP contribution is 2.22. The Kier molecular flexibility index (Phi) is 4.18. The van der Waals surface area contributed by atoms with E-state index in [1.165, 1.54) is 0 Å². The predicted octanol–water partition coefficient (Wildman–Crippen LogP) is 3.94. The van der Waals surface area contributed by atoms with Crippen LogP contribution >= 0.6 is 11.6 Å². The lowest BCUT2D eigenvalue weighted by molar-refractivity contribution is 0.856. The number of aromatic amines is 1. The molecule has 26 heavy (non-hydrogen) atoms. The summed E-state index contributed by atoms with van der Waals surface area (Å²) in [4.78, 5) is 23.7. The molecule has 4 aromatic rings. The fourth-order valence-electron chi connectivity index (χ4n) is 2.89. The molecule has 0 aliphatic carbocycles. The first-order valence-corrected chi connectivity index (χ1v) is 8.51. The van der Waals surface area contributed by atoms with Gasteiger partial charge in [0.1, 0.15) is 5.82 Å². The number of nitrogens with zero attached hydrogens (tertiary/aromatic N) is 3. The molecule has 0 aliphatic rings. The Morgan fingerprint density at radius 3 is 2.88 bits per heavy atom. The van der Waals surface area contributed by atoms with Crippen LogP contribution in [0.25, 0.3) is 16.6 Å². The van der Waals surface area contributed by atoms with Crippen LogP contribution in [0, 0.1) is 0 Å². The summed E-state index contributed by atoms with van der Waals surface area (Å²) in [6.45, 7) is 1.92. The minimum Gasteiger partial charge on any atom is -0.363 e. The van der Waals surface area contributed by atoms with Gasteiger partial charge in [-0.25, -0.2) is 9.97 Å². The van der Waals surface area contributed by atoms with Crippen molar-refractivity contribution in [2.75, 3.05) is 5.32 Å². The molecule has 0 amide bonds. The molecule has 3 aromatic heterocycles. The number of imidazole rings is 1. The zero-order valence-corrected chi connectivity index (χ0v) is 14.7. The average molecular weight is 366 g/mol. The molecule has 0 saturated heterocycles. The van der Waals surface area contributed by atoms with Crippen molar-refractivity contribution in [3.05, 3.63) is 82.3 Å². The summed E-state index contributed by atoms with van der Waals surface area (Å²) >= 11 is 6.06. The number of anilines is 1. The number of hydrogen-bond acceptors (Lipinski definition) is 4. The number of fused-ring (bicyclic) bond motifs is 1. The Bertz CT molecular complexity index is 1120. The highest BCUT2D eigenvalue weighted by Gasteiger charge is 2.12. The van der Waals surface area contributed by atoms with E-state index in [-0.39, 0.29) is 11.6 Å². The first-order chi connectivity index (χ1) is 12.6. The van der Waals surface area contributed by atoms with Crippen molar-refractivity contribution in [3.8, 4) is 5.69 Å². The van der Waals surface area contributed by atoms with Gasteiger partial charge in [0.25, 0.3) is 5.56 Å². The molecule has 7 heteroatoms. The van der Waals surface area contributed by atoms with Crippen molar-refractivity contribution in [1.29, 1.82) is 0 Å². The molecule has 0 bridgehead atoms. The molecule has 130 valence electrons. The molecule has 2 N–H and O–H groups in total. The predicted molar refractivity (Wildman–Crippen MR) is 103 cm³/mol. The van der Waals surface area contributed by atoms with Gasteiger partial charge in [0.05, 0.1) is 18.1 Å². The largest absolute Gasteiger partial charge is 0.363 e. The zero-order chi connectivity index (χ0) is 18.1. The molecule has 1 atom stereocenters. The summed E-state index contributed by atoms with van der Waals surface area (Å²) in [5.41, 5.74) is 2.18. The molecule has 0 radical (unpaired) electrons. The van der Waals surface area contributed by atoms with Crippen molar-refractivity contribution in [2.45, 2.75) is 13.0 Å². The van der Waals surface area contributed by atoms with Gasteiger partial charge in [0.2, 0.25) is 0 Å². The Hall–Kier alpha value is -3.12. The molecule has 6 nitrogen and oxygen atoms in total. The molecule has 1 aromatic carbocycles. The third-order valence-electron chi connectivity index (χ3n) is 4.21. The minimum absolute atomic E-state index is 0.134. The van der Waals surface area contributed by atoms with Gasteiger partial charge in [-0.15, -0.1) is 0 Å². The van der Waals surface area contributed by atoms with E-state index in [2.05, 4.69) is 20.3 Å². The van der Waals surface area contributed by atoms with Crippen LogP contribution in [0.2, 0.25) is 5.02 Å². The van der Waals surface area contributed by atoms with Crippen LogP contribution in [-0.4, -0.2) is 19.5 Å². The van der Waals surface area contributed by atoms with E-state index in [0.717, 1.165) is 16.6 Å². The zero-order valence-electron chi connectivity index (χ0n) is 14.0. The molecule has 0 saturated carbocycles. The van der Waals surface area contributed by atoms with Gasteiger partial charge >= 0.3 is 0 Å². The van der Waals surface area contributed by atoms with Crippen molar-refractivity contribution < 1.29 is 0 Å². The minimum atomic E-state index is -0.229. The molecule has 0 spiro atoms. The van der Waals surface area contributed by atoms with Crippen LogP contribution in [0.3, 0.4) is 0 Å². The summed E-state index contributed by atoms with van der Waals surface area (Å²) in [7, 11) is 0. The van der Waals surface area contributed by atoms with Crippen LogP contribution in [0.15, 0.2) is 66.1 Å². The van der Waals surface area contributed by atoms with Crippen LogP contribution in [0.5, 0.6) is 0 Å². The van der Waals surface area contributed by atoms with Gasteiger partial charge in [-0.2, -0.15) is 0 Å². The maximum Gasteiger partial charge on any atom is 0.253 e. The number of hydrogen-bond donors (Lipinski definition) is 2. The first kappa shape index (κ1) is 16.4. The second kappa shape index (κ2) is 6.65. The van der Waals surface area contributed by atoms with Crippen molar-refractivity contribution in [1.82, 2.24) is 19.5 Å². The standard InChI is InChI=1S/C19H16ClN5O/c1-12(16-9-13-8-14(20)2-3-17(13)24-19(16)26)23-18-10-15(4-5-22-18)25-7-6-21-11-25/h2-12H,1H3,(H,22,23)(H,24,26)/t12-/m0/s1. The lowest BCUT2D eigenvalue weighted by Crippen LogP contribution is -2.19. The maximum absolute atomic E-state index is 12.4. The molecule has 0 unspecified atom stereocenters. The fraction of sp³-hybridized carbons (Fsp3) is 0.105. The molecule has 0 fully saturated rings. The number of rotatable bonds is 4. The maximum atomic E-state index is 12.4. The smallest absolute Gasteiger partial charge is 0.253 e. The van der Waals surface area contributed by atoms with Crippen LogP contribution < -0.4 is 10.9 Å². The number of benzene rings is 1. The lowest BCUT2D eigenvalue weighted by atomic mass is 10.1. The second-order valence-corrected chi connectivity index (χ2v) is 6.46. The Morgan fingerprint density at radius 2 is 2.08 bits per heavy atom. The fourth-order valence-corrected chi connectivity index (χ4v) is 3.07. The monoisotopic (exact) mass is 365 g/mol. The van der Waals surface area contributed by atoms with Crippen LogP contribution in [-0.2, 0) is 0 Å². The highest BCUT2D eigenvalue weighted by atomic mass is 35.5. The van der Waals surface area contributed by atoms with Gasteiger partial charge in [-0.05, 0) is 37.3 Å². The van der Waals surface area contributed by atoms with Crippen LogP contribution in [0.4, 0.5) is 5.82 Å². The Labute approximate surface area is 154 Å². The molecule has 3 heterocycles. The number of aromatic nitrogens is 4. The van der Waals surface area contributed by atoms with E-state index in [0.29, 0.717) is 16.4 Å². The number of H-pyrrole nitrogens is 1. The SMILES string of the molecule is C[C@H](Nc1cc(-n2ccnc2)ccn1)c1cc2cc(Cl)ccc2[nH]c1=O. The van der Waals surface area contributed by atoms with E-state index in [1.54, 1.807) is 30.9 Å². The lowest BCUT2D eigenvalue weighted by Gasteiger charge is -2.15. The summed E-state index contributed by atoms with van der Waals surface area (Å²) in [6, 6.07) is 10.8. The van der Waals surface area contributed by atoms with E-state index >= 15 is 0 Å². The Morgan fingerprint density at radius 1 is 1.19 bits per heavy atom. The van der Waals surface area contributed by atoms with Gasteiger partial charge < -0.3 is 14.9 Å². The van der Waals surface area contributed by atoms with Gasteiger partial charge in [-0.1, -0.05) is 11.6 Å². The third kappa shape index (κ3) is 3.19. The van der Waals surface area contributed by atoms with Crippen LogP contribution in [0.1, 0.15) is 18.5 Å². The summed E-state index contributed by atoms with van der Waals surface area (Å²) in [6.07, 6.45) is 7.02. The summed E-state index contributed by atoms with van der Waals surface area (Å²) < 4.78 is 1.89. The third-order valence-corrected chi connectivity index (χ3v) is 4.45. The molecular weight excluding hydrogens is 350 g/mol. The molecular formula is C19H16ClN5O. The first-order valence-electron chi connectivity index (χ1n) is 8.13. The topological polar surface area (TPSA) is 75.6 Å². The Balaban J connectivity index is 1.65.